The molecule has 2 aromatic heterocycles. The third-order valence-electron chi connectivity index (χ3n) is 2.46. The molecule has 0 aromatic carbocycles. The first-order chi connectivity index (χ1) is 7.33. The number of anilines is 1. The van der Waals surface area contributed by atoms with E-state index in [2.05, 4.69) is 15.1 Å². The maximum atomic E-state index is 5.60. The van der Waals surface area contributed by atoms with Gasteiger partial charge in [-0.3, -0.25) is 4.68 Å². The molecule has 5 nitrogen and oxygen atoms in total. The molecule has 2 heterocycles. The van der Waals surface area contributed by atoms with Crippen molar-refractivity contribution in [2.24, 2.45) is 0 Å². The van der Waals surface area contributed by atoms with E-state index in [0.29, 0.717) is 17.7 Å². The molecule has 0 aliphatic heterocycles. The van der Waals surface area contributed by atoms with E-state index in [1.165, 1.54) is 12.8 Å². The Labute approximate surface area is 87.0 Å². The minimum Gasteiger partial charge on any atom is -0.384 e. The molecule has 2 N–H and O–H groups in total. The van der Waals surface area contributed by atoms with E-state index in [4.69, 9.17) is 5.73 Å². The molecule has 2 aromatic rings. The third-order valence-corrected chi connectivity index (χ3v) is 2.46. The van der Waals surface area contributed by atoms with Gasteiger partial charge in [0, 0.05) is 12.4 Å². The number of rotatable bonds is 2. The number of nitrogens with zero attached hydrogens (tertiary/aromatic N) is 4. The molecule has 1 fully saturated rings. The highest BCUT2D eigenvalue weighted by molar-refractivity contribution is 5.53. The molecule has 1 aliphatic rings. The number of aromatic nitrogens is 4. The van der Waals surface area contributed by atoms with Crippen molar-refractivity contribution in [2.45, 2.75) is 18.9 Å². The van der Waals surface area contributed by atoms with Crippen molar-refractivity contribution >= 4 is 5.82 Å². The number of nitrogen functional groups attached to an aromatic ring is 1. The van der Waals surface area contributed by atoms with Crippen molar-refractivity contribution in [1.29, 1.82) is 0 Å². The molecule has 15 heavy (non-hydrogen) atoms. The van der Waals surface area contributed by atoms with Crippen molar-refractivity contribution in [1.82, 2.24) is 19.7 Å². The van der Waals surface area contributed by atoms with Crippen LogP contribution in [0, 0.1) is 0 Å². The van der Waals surface area contributed by atoms with Crippen LogP contribution in [0.25, 0.3) is 11.4 Å². The molecule has 3 rings (SSSR count). The quantitative estimate of drug-likeness (QED) is 0.794. The van der Waals surface area contributed by atoms with E-state index in [1.54, 1.807) is 18.5 Å². The fourth-order valence-electron chi connectivity index (χ4n) is 1.50. The van der Waals surface area contributed by atoms with Crippen LogP contribution < -0.4 is 5.73 Å². The molecule has 0 saturated heterocycles. The second kappa shape index (κ2) is 3.05. The molecule has 0 spiro atoms. The van der Waals surface area contributed by atoms with Crippen molar-refractivity contribution in [3.8, 4) is 11.4 Å². The molecule has 0 bridgehead atoms. The van der Waals surface area contributed by atoms with Crippen molar-refractivity contribution in [3.05, 3.63) is 24.7 Å². The standard InChI is InChI=1S/C10H11N5/c11-9-3-4-12-10(14-9)7-5-13-15(6-7)8-1-2-8/h3-6,8H,1-2H2,(H2,11,12,14). The number of hydrogen-bond acceptors (Lipinski definition) is 4. The van der Waals surface area contributed by atoms with Gasteiger partial charge >= 0.3 is 0 Å². The van der Waals surface area contributed by atoms with Crippen molar-refractivity contribution < 1.29 is 0 Å². The zero-order valence-electron chi connectivity index (χ0n) is 8.17. The fourth-order valence-corrected chi connectivity index (χ4v) is 1.50. The SMILES string of the molecule is Nc1ccnc(-c2cnn(C3CC3)c2)n1. The lowest BCUT2D eigenvalue weighted by molar-refractivity contribution is 0.642. The topological polar surface area (TPSA) is 69.6 Å². The smallest absolute Gasteiger partial charge is 0.164 e. The summed E-state index contributed by atoms with van der Waals surface area (Å²) in [5.74, 6) is 1.13. The van der Waals surface area contributed by atoms with Gasteiger partial charge in [-0.1, -0.05) is 0 Å². The summed E-state index contributed by atoms with van der Waals surface area (Å²) in [6.45, 7) is 0. The van der Waals surface area contributed by atoms with Crippen LogP contribution >= 0.6 is 0 Å². The molecule has 0 radical (unpaired) electrons. The zero-order valence-corrected chi connectivity index (χ0v) is 8.17. The second-order valence-corrected chi connectivity index (χ2v) is 3.75. The zero-order chi connectivity index (χ0) is 10.3. The van der Waals surface area contributed by atoms with Crippen LogP contribution in [0.5, 0.6) is 0 Å². The molecule has 5 heteroatoms. The summed E-state index contributed by atoms with van der Waals surface area (Å²) in [6, 6.07) is 2.26. The average Bonchev–Trinajstić information content (AvgIpc) is 2.97. The molecule has 0 atom stereocenters. The first kappa shape index (κ1) is 8.40. The van der Waals surface area contributed by atoms with E-state index in [0.717, 1.165) is 5.56 Å². The van der Waals surface area contributed by atoms with Crippen LogP contribution in [0.4, 0.5) is 5.82 Å². The predicted octanol–water partition coefficient (Wildman–Crippen LogP) is 1.26. The summed E-state index contributed by atoms with van der Waals surface area (Å²) < 4.78 is 1.97. The summed E-state index contributed by atoms with van der Waals surface area (Å²) in [4.78, 5) is 8.31. The van der Waals surface area contributed by atoms with E-state index >= 15 is 0 Å². The van der Waals surface area contributed by atoms with Gasteiger partial charge in [0.25, 0.3) is 0 Å². The molecule has 0 amide bonds. The molecular formula is C10H11N5. The molecule has 1 aliphatic carbocycles. The maximum Gasteiger partial charge on any atom is 0.164 e. The minimum atomic E-state index is 0.485. The van der Waals surface area contributed by atoms with Crippen LogP contribution in [0.2, 0.25) is 0 Å². The summed E-state index contributed by atoms with van der Waals surface area (Å²) in [7, 11) is 0. The molecule has 76 valence electrons. The van der Waals surface area contributed by atoms with Crippen LogP contribution in [0.3, 0.4) is 0 Å². The number of nitrogens with two attached hydrogens (primary N) is 1. The fraction of sp³-hybridized carbons (Fsp3) is 0.300. The van der Waals surface area contributed by atoms with E-state index < -0.39 is 0 Å². The highest BCUT2D eigenvalue weighted by Crippen LogP contribution is 2.34. The summed E-state index contributed by atoms with van der Waals surface area (Å²) in [5, 5.41) is 4.28. The summed E-state index contributed by atoms with van der Waals surface area (Å²) >= 11 is 0. The number of hydrogen-bond donors (Lipinski definition) is 1. The normalized spacial score (nSPS) is 15.5. The monoisotopic (exact) mass is 201 g/mol. The maximum absolute atomic E-state index is 5.60. The third kappa shape index (κ3) is 1.56. The largest absolute Gasteiger partial charge is 0.384 e. The molecule has 0 unspecified atom stereocenters. The first-order valence-corrected chi connectivity index (χ1v) is 4.96. The Hall–Kier alpha value is -1.91. The average molecular weight is 201 g/mol. The van der Waals surface area contributed by atoms with Gasteiger partial charge < -0.3 is 5.73 Å². The van der Waals surface area contributed by atoms with Crippen molar-refractivity contribution in [2.75, 3.05) is 5.73 Å². The molecular weight excluding hydrogens is 190 g/mol. The highest BCUT2D eigenvalue weighted by Gasteiger charge is 2.24. The van der Waals surface area contributed by atoms with Crippen LogP contribution in [0.1, 0.15) is 18.9 Å². The predicted molar refractivity (Wildman–Crippen MR) is 55.9 cm³/mol. The highest BCUT2D eigenvalue weighted by atomic mass is 15.3. The Morgan fingerprint density at radius 3 is 3.00 bits per heavy atom. The van der Waals surface area contributed by atoms with E-state index in [-0.39, 0.29) is 0 Å². The summed E-state index contributed by atoms with van der Waals surface area (Å²) in [6.07, 6.45) is 7.86. The lowest BCUT2D eigenvalue weighted by atomic mass is 10.3. The van der Waals surface area contributed by atoms with Crippen LogP contribution in [-0.2, 0) is 0 Å². The minimum absolute atomic E-state index is 0.485. The Bertz CT molecular complexity index is 486. The van der Waals surface area contributed by atoms with Gasteiger partial charge in [-0.2, -0.15) is 5.10 Å². The van der Waals surface area contributed by atoms with E-state index in [9.17, 15) is 0 Å². The summed E-state index contributed by atoms with van der Waals surface area (Å²) in [5.41, 5.74) is 6.52. The Morgan fingerprint density at radius 1 is 1.40 bits per heavy atom. The van der Waals surface area contributed by atoms with Crippen LogP contribution in [0.15, 0.2) is 24.7 Å². The Balaban J connectivity index is 1.97. The van der Waals surface area contributed by atoms with Crippen molar-refractivity contribution in [3.63, 3.8) is 0 Å². The Kier molecular flexibility index (Phi) is 1.71. The first-order valence-electron chi connectivity index (χ1n) is 4.96. The van der Waals surface area contributed by atoms with Gasteiger partial charge in [0.2, 0.25) is 0 Å². The Morgan fingerprint density at radius 2 is 2.27 bits per heavy atom. The molecule has 1 saturated carbocycles. The lowest BCUT2D eigenvalue weighted by Gasteiger charge is -1.96. The van der Waals surface area contributed by atoms with E-state index in [1.807, 2.05) is 10.9 Å². The van der Waals surface area contributed by atoms with Crippen LogP contribution in [-0.4, -0.2) is 19.7 Å². The van der Waals surface area contributed by atoms with Gasteiger partial charge in [-0.05, 0) is 18.9 Å². The van der Waals surface area contributed by atoms with Gasteiger partial charge in [0.05, 0.1) is 17.8 Å². The van der Waals surface area contributed by atoms with Gasteiger partial charge in [-0.25, -0.2) is 9.97 Å². The van der Waals surface area contributed by atoms with Gasteiger partial charge in [0.1, 0.15) is 5.82 Å². The van der Waals surface area contributed by atoms with Gasteiger partial charge in [-0.15, -0.1) is 0 Å². The second-order valence-electron chi connectivity index (χ2n) is 3.75. The van der Waals surface area contributed by atoms with Gasteiger partial charge in [0.15, 0.2) is 5.82 Å². The lowest BCUT2D eigenvalue weighted by Crippen LogP contribution is -1.94.